The molecule has 0 saturated carbocycles. The van der Waals surface area contributed by atoms with Gasteiger partial charge in [0.15, 0.2) is 5.96 Å². The van der Waals surface area contributed by atoms with Gasteiger partial charge in [-0.25, -0.2) is 0 Å². The van der Waals surface area contributed by atoms with Crippen LogP contribution in [0, 0.1) is 5.92 Å². The number of nitrogens with zero attached hydrogens (tertiary/aromatic N) is 3. The maximum Gasteiger partial charge on any atom is 0.225 e. The van der Waals surface area contributed by atoms with E-state index in [1.165, 1.54) is 0 Å². The Morgan fingerprint density at radius 2 is 1.92 bits per heavy atom. The molecule has 0 bridgehead atoms. The predicted molar refractivity (Wildman–Crippen MR) is 105 cm³/mol. The Bertz CT molecular complexity index is 475. The molecule has 0 spiro atoms. The van der Waals surface area contributed by atoms with Gasteiger partial charge in [0.25, 0.3) is 0 Å². The third kappa shape index (κ3) is 5.84. The molecule has 2 unspecified atom stereocenters. The quantitative estimate of drug-likeness (QED) is 0.558. The van der Waals surface area contributed by atoms with Gasteiger partial charge in [-0.3, -0.25) is 14.7 Å². The molecule has 2 fully saturated rings. The second-order valence-corrected chi connectivity index (χ2v) is 7.86. The first-order chi connectivity index (χ1) is 12.4. The van der Waals surface area contributed by atoms with Crippen LogP contribution in [0.5, 0.6) is 0 Å². The van der Waals surface area contributed by atoms with Crippen LogP contribution < -0.4 is 10.6 Å². The van der Waals surface area contributed by atoms with Crippen LogP contribution in [0.1, 0.15) is 40.5 Å². The Hall–Kier alpha value is -1.34. The third-order valence-electron chi connectivity index (χ3n) is 5.42. The van der Waals surface area contributed by atoms with Crippen LogP contribution in [0.15, 0.2) is 4.99 Å². The first-order valence-electron chi connectivity index (χ1n) is 10.0. The summed E-state index contributed by atoms with van der Waals surface area (Å²) in [6, 6.07) is 1.26. The van der Waals surface area contributed by atoms with Crippen LogP contribution in [0.4, 0.5) is 0 Å². The number of carbonyl (C=O) groups is 1. The zero-order valence-corrected chi connectivity index (χ0v) is 17.1. The minimum atomic E-state index is 0.0815. The van der Waals surface area contributed by atoms with Gasteiger partial charge < -0.3 is 20.3 Å². The SMILES string of the molecule is CN=C(NCC(C)N1CCOCC1C)NC1CCN(C(=O)C(C)C)CC1. The van der Waals surface area contributed by atoms with E-state index >= 15 is 0 Å². The smallest absolute Gasteiger partial charge is 0.225 e. The van der Waals surface area contributed by atoms with E-state index in [0.717, 1.165) is 58.2 Å². The van der Waals surface area contributed by atoms with Gasteiger partial charge in [-0.05, 0) is 26.7 Å². The first kappa shape index (κ1) is 21.0. The fraction of sp³-hybridized carbons (Fsp3) is 0.895. The average Bonchev–Trinajstić information content (AvgIpc) is 2.65. The summed E-state index contributed by atoms with van der Waals surface area (Å²) in [7, 11) is 1.81. The van der Waals surface area contributed by atoms with Crippen LogP contribution in [0.25, 0.3) is 0 Å². The zero-order valence-electron chi connectivity index (χ0n) is 17.1. The number of guanidine groups is 1. The number of rotatable bonds is 5. The highest BCUT2D eigenvalue weighted by Crippen LogP contribution is 2.13. The van der Waals surface area contributed by atoms with Gasteiger partial charge in [0, 0.05) is 57.3 Å². The molecule has 0 radical (unpaired) electrons. The topological polar surface area (TPSA) is 69.2 Å². The lowest BCUT2D eigenvalue weighted by Crippen LogP contribution is -2.54. The van der Waals surface area contributed by atoms with Crippen LogP contribution in [-0.4, -0.2) is 86.2 Å². The van der Waals surface area contributed by atoms with E-state index in [4.69, 9.17) is 4.74 Å². The highest BCUT2D eigenvalue weighted by atomic mass is 16.5. The van der Waals surface area contributed by atoms with Crippen molar-refractivity contribution in [1.29, 1.82) is 0 Å². The predicted octanol–water partition coefficient (Wildman–Crippen LogP) is 0.908. The zero-order chi connectivity index (χ0) is 19.1. The summed E-state index contributed by atoms with van der Waals surface area (Å²) < 4.78 is 5.52. The number of nitrogens with one attached hydrogen (secondary N) is 2. The van der Waals surface area contributed by atoms with E-state index in [1.807, 2.05) is 25.8 Å². The van der Waals surface area contributed by atoms with E-state index < -0.39 is 0 Å². The maximum absolute atomic E-state index is 12.1. The van der Waals surface area contributed by atoms with Gasteiger partial charge in [-0.15, -0.1) is 0 Å². The summed E-state index contributed by atoms with van der Waals surface area (Å²) in [6.07, 6.45) is 1.93. The van der Waals surface area contributed by atoms with Crippen molar-refractivity contribution < 1.29 is 9.53 Å². The van der Waals surface area contributed by atoms with Crippen molar-refractivity contribution >= 4 is 11.9 Å². The summed E-state index contributed by atoms with van der Waals surface area (Å²) in [4.78, 5) is 20.9. The van der Waals surface area contributed by atoms with Crippen LogP contribution >= 0.6 is 0 Å². The highest BCUT2D eigenvalue weighted by molar-refractivity contribution is 5.80. The Kier molecular flexibility index (Phi) is 8.15. The molecule has 7 heteroatoms. The van der Waals surface area contributed by atoms with Gasteiger partial charge in [-0.1, -0.05) is 13.8 Å². The summed E-state index contributed by atoms with van der Waals surface area (Å²) in [6.45, 7) is 13.5. The maximum atomic E-state index is 12.1. The number of likely N-dealkylation sites (tertiary alicyclic amines) is 1. The van der Waals surface area contributed by atoms with Gasteiger partial charge in [0.2, 0.25) is 5.91 Å². The molecule has 2 saturated heterocycles. The first-order valence-corrected chi connectivity index (χ1v) is 10.0. The van der Waals surface area contributed by atoms with Crippen molar-refractivity contribution in [2.24, 2.45) is 10.9 Å². The Balaban J connectivity index is 1.73. The van der Waals surface area contributed by atoms with Crippen molar-refractivity contribution in [3.8, 4) is 0 Å². The molecule has 2 N–H and O–H groups in total. The molecule has 2 heterocycles. The number of hydrogen-bond acceptors (Lipinski definition) is 4. The Morgan fingerprint density at radius 3 is 2.50 bits per heavy atom. The molecule has 0 aromatic rings. The van der Waals surface area contributed by atoms with E-state index in [1.54, 1.807) is 0 Å². The number of ether oxygens (including phenoxy) is 1. The summed E-state index contributed by atoms with van der Waals surface area (Å²) in [5.74, 6) is 1.20. The van der Waals surface area contributed by atoms with Crippen molar-refractivity contribution in [3.63, 3.8) is 0 Å². The molecular formula is C19H37N5O2. The fourth-order valence-corrected chi connectivity index (χ4v) is 3.75. The number of amides is 1. The molecule has 0 aliphatic carbocycles. The molecular weight excluding hydrogens is 330 g/mol. The fourth-order valence-electron chi connectivity index (χ4n) is 3.75. The molecule has 2 rings (SSSR count). The van der Waals surface area contributed by atoms with E-state index in [9.17, 15) is 4.79 Å². The molecule has 26 heavy (non-hydrogen) atoms. The molecule has 2 aliphatic rings. The molecule has 2 aliphatic heterocycles. The average molecular weight is 368 g/mol. The standard InChI is InChI=1S/C19H37N5O2/c1-14(2)18(25)23-8-6-17(7-9-23)22-19(20-5)21-12-15(3)24-10-11-26-13-16(24)4/h14-17H,6-13H2,1-5H3,(H2,20,21,22). The summed E-state index contributed by atoms with van der Waals surface area (Å²) in [5.41, 5.74) is 0. The normalized spacial score (nSPS) is 24.6. The lowest BCUT2D eigenvalue weighted by atomic mass is 10.0. The van der Waals surface area contributed by atoms with Gasteiger partial charge in [0.1, 0.15) is 0 Å². The number of morpholine rings is 1. The second kappa shape index (κ2) is 10.1. The van der Waals surface area contributed by atoms with Gasteiger partial charge in [0.05, 0.1) is 13.2 Å². The van der Waals surface area contributed by atoms with Crippen LogP contribution in [0.2, 0.25) is 0 Å². The number of carbonyl (C=O) groups excluding carboxylic acids is 1. The van der Waals surface area contributed by atoms with Crippen molar-refractivity contribution in [3.05, 3.63) is 0 Å². The van der Waals surface area contributed by atoms with Gasteiger partial charge >= 0.3 is 0 Å². The number of piperidine rings is 1. The second-order valence-electron chi connectivity index (χ2n) is 7.86. The number of hydrogen-bond donors (Lipinski definition) is 2. The summed E-state index contributed by atoms with van der Waals surface area (Å²) >= 11 is 0. The van der Waals surface area contributed by atoms with Crippen molar-refractivity contribution in [2.45, 2.75) is 58.7 Å². The minimum absolute atomic E-state index is 0.0815. The lowest BCUT2D eigenvalue weighted by molar-refractivity contribution is -0.135. The van der Waals surface area contributed by atoms with Crippen LogP contribution in [-0.2, 0) is 9.53 Å². The van der Waals surface area contributed by atoms with Crippen LogP contribution in [0.3, 0.4) is 0 Å². The minimum Gasteiger partial charge on any atom is -0.379 e. The highest BCUT2D eigenvalue weighted by Gasteiger charge is 2.26. The van der Waals surface area contributed by atoms with Gasteiger partial charge in [-0.2, -0.15) is 0 Å². The lowest BCUT2D eigenvalue weighted by Gasteiger charge is -2.38. The van der Waals surface area contributed by atoms with E-state index in [2.05, 4.69) is 34.4 Å². The third-order valence-corrected chi connectivity index (χ3v) is 5.42. The Labute approximate surface area is 158 Å². The van der Waals surface area contributed by atoms with E-state index in [0.29, 0.717) is 18.1 Å². The molecule has 2 atom stereocenters. The van der Waals surface area contributed by atoms with E-state index in [-0.39, 0.29) is 11.8 Å². The van der Waals surface area contributed by atoms with Crippen molar-refractivity contribution in [1.82, 2.24) is 20.4 Å². The summed E-state index contributed by atoms with van der Waals surface area (Å²) in [5, 5.41) is 6.98. The molecule has 0 aromatic heterocycles. The number of aliphatic imine (C=N–C) groups is 1. The molecule has 150 valence electrons. The van der Waals surface area contributed by atoms with Crippen molar-refractivity contribution in [2.75, 3.05) is 46.4 Å². The Morgan fingerprint density at radius 1 is 1.23 bits per heavy atom. The largest absolute Gasteiger partial charge is 0.379 e. The molecule has 1 amide bonds. The molecule has 7 nitrogen and oxygen atoms in total. The monoisotopic (exact) mass is 367 g/mol. The molecule has 0 aromatic carbocycles.